The summed E-state index contributed by atoms with van der Waals surface area (Å²) in [6.45, 7) is 12.2. The predicted molar refractivity (Wildman–Crippen MR) is 175 cm³/mol. The third kappa shape index (κ3) is 9.64. The molecule has 0 radical (unpaired) electrons. The molecular formula is C33H41N3OS2. The maximum atomic E-state index is 5.41. The molecule has 0 aliphatic carbocycles. The molecule has 0 bridgehead atoms. The summed E-state index contributed by atoms with van der Waals surface area (Å²) < 4.78 is 11.2. The lowest BCUT2D eigenvalue weighted by Gasteiger charge is -2.27. The fourth-order valence-corrected chi connectivity index (χ4v) is 5.22. The number of aryl methyl sites for hydroxylation is 1. The second-order valence-corrected chi connectivity index (χ2v) is 10.9. The summed E-state index contributed by atoms with van der Waals surface area (Å²) in [5, 5.41) is 1.16. The summed E-state index contributed by atoms with van der Waals surface area (Å²) in [5.41, 5.74) is 6.66. The molecule has 0 saturated carbocycles. The van der Waals surface area contributed by atoms with E-state index in [1.807, 2.05) is 19.1 Å². The Balaban J connectivity index is 0.000000466. The molecule has 1 aliphatic heterocycles. The zero-order valence-corrected chi connectivity index (χ0v) is 25.4. The minimum atomic E-state index is 0.722. The van der Waals surface area contributed by atoms with E-state index in [1.165, 1.54) is 22.6 Å². The van der Waals surface area contributed by atoms with Gasteiger partial charge in [0.15, 0.2) is 0 Å². The van der Waals surface area contributed by atoms with Crippen LogP contribution in [-0.4, -0.2) is 24.1 Å². The highest BCUT2D eigenvalue weighted by atomic mass is 32.2. The number of nitrogens with zero attached hydrogens (tertiary/aromatic N) is 2. The Bertz CT molecular complexity index is 1300. The number of para-hydroxylation sites is 1. The minimum absolute atomic E-state index is 0.722. The number of anilines is 2. The van der Waals surface area contributed by atoms with Gasteiger partial charge in [0.1, 0.15) is 5.94 Å². The number of hydrogen-bond acceptors (Lipinski definition) is 6. The molecule has 4 nitrogen and oxygen atoms in total. The van der Waals surface area contributed by atoms with Crippen molar-refractivity contribution in [3.05, 3.63) is 96.6 Å². The number of rotatable bonds is 6. The maximum absolute atomic E-state index is 5.41. The summed E-state index contributed by atoms with van der Waals surface area (Å²) in [4.78, 5) is 6.04. The molecule has 4 aromatic rings. The monoisotopic (exact) mass is 559 g/mol. The van der Waals surface area contributed by atoms with Crippen LogP contribution in [0.5, 0.6) is 0 Å². The number of ether oxygens (including phenoxy) is 1. The van der Waals surface area contributed by atoms with Crippen LogP contribution in [-0.2, 0) is 4.74 Å². The second kappa shape index (κ2) is 16.9. The van der Waals surface area contributed by atoms with Crippen LogP contribution in [0.4, 0.5) is 11.4 Å². The molecule has 1 aliphatic rings. The van der Waals surface area contributed by atoms with E-state index in [-0.39, 0.29) is 0 Å². The largest absolute Gasteiger partial charge is 0.367 e. The van der Waals surface area contributed by atoms with Crippen molar-refractivity contribution < 1.29 is 4.74 Å². The van der Waals surface area contributed by atoms with Crippen LogP contribution >= 0.6 is 23.9 Å². The van der Waals surface area contributed by atoms with Gasteiger partial charge < -0.3 is 13.8 Å². The molecule has 39 heavy (non-hydrogen) atoms. The molecule has 3 aromatic carbocycles. The van der Waals surface area contributed by atoms with Crippen molar-refractivity contribution in [3.8, 4) is 11.3 Å². The quantitative estimate of drug-likeness (QED) is 0.187. The summed E-state index contributed by atoms with van der Waals surface area (Å²) in [6, 6.07) is 27.6. The van der Waals surface area contributed by atoms with Crippen LogP contribution in [0.3, 0.4) is 0 Å². The number of nitrogens with one attached hydrogen (secondary N) is 1. The van der Waals surface area contributed by atoms with Gasteiger partial charge in [0.05, 0.1) is 24.4 Å². The Morgan fingerprint density at radius 3 is 2.44 bits per heavy atom. The standard InChI is InChI=1S/C25H23N3OS2.C5H10.C3H8/c1-18-6-8-20(16-23(18)25-13-7-19-4-2-3-5-24(19)26-25)27-31-22-11-9-21(10-12-22)28-14-15-29-17-30-28;1-3-5-4-2;1-3-2/h2-13,16,27H,14-15,17H2,1H3;3,5H,4H2,1-2H3;3H2,1-2H3/b;5-3-;. The lowest BCUT2D eigenvalue weighted by Crippen LogP contribution is -2.26. The van der Waals surface area contributed by atoms with Gasteiger partial charge in [-0.25, -0.2) is 4.98 Å². The first kappa shape index (κ1) is 30.6. The topological polar surface area (TPSA) is 37.4 Å². The number of hydrogen-bond donors (Lipinski definition) is 1. The third-order valence-electron chi connectivity index (χ3n) is 5.73. The van der Waals surface area contributed by atoms with Gasteiger partial charge in [-0.2, -0.15) is 0 Å². The average molecular weight is 560 g/mol. The average Bonchev–Trinajstić information content (AvgIpc) is 2.98. The van der Waals surface area contributed by atoms with Gasteiger partial charge in [-0.15, -0.1) is 0 Å². The van der Waals surface area contributed by atoms with Crippen molar-refractivity contribution in [2.75, 3.05) is 28.1 Å². The summed E-state index contributed by atoms with van der Waals surface area (Å²) in [7, 11) is 0. The second-order valence-electron chi connectivity index (χ2n) is 9.06. The molecule has 2 heterocycles. The predicted octanol–water partition coefficient (Wildman–Crippen LogP) is 10.2. The van der Waals surface area contributed by atoms with Gasteiger partial charge in [-0.05, 0) is 98.3 Å². The van der Waals surface area contributed by atoms with E-state index < -0.39 is 0 Å². The van der Waals surface area contributed by atoms with Crippen molar-refractivity contribution in [1.82, 2.24) is 4.98 Å². The lowest BCUT2D eigenvalue weighted by molar-refractivity contribution is 0.184. The van der Waals surface area contributed by atoms with E-state index in [1.54, 1.807) is 23.9 Å². The van der Waals surface area contributed by atoms with Crippen LogP contribution in [0.1, 0.15) is 46.1 Å². The molecule has 1 fully saturated rings. The first-order valence-electron chi connectivity index (χ1n) is 13.7. The number of benzene rings is 3. The van der Waals surface area contributed by atoms with Gasteiger partial charge in [0.2, 0.25) is 0 Å². The van der Waals surface area contributed by atoms with Crippen LogP contribution in [0.2, 0.25) is 0 Å². The van der Waals surface area contributed by atoms with Crippen LogP contribution < -0.4 is 9.03 Å². The van der Waals surface area contributed by atoms with Crippen LogP contribution in [0, 0.1) is 6.92 Å². The Hall–Kier alpha value is -2.93. The van der Waals surface area contributed by atoms with Gasteiger partial charge in [0, 0.05) is 27.2 Å². The number of fused-ring (bicyclic) bond motifs is 1. The molecule has 0 spiro atoms. The van der Waals surface area contributed by atoms with E-state index in [9.17, 15) is 0 Å². The number of allylic oxidation sites excluding steroid dienone is 2. The fraction of sp³-hybridized carbons (Fsp3) is 0.303. The highest BCUT2D eigenvalue weighted by Gasteiger charge is 2.12. The molecule has 0 unspecified atom stereocenters. The third-order valence-corrected chi connectivity index (χ3v) is 7.55. The molecular weight excluding hydrogens is 519 g/mol. The zero-order chi connectivity index (χ0) is 27.9. The van der Waals surface area contributed by atoms with E-state index in [2.05, 4.69) is 116 Å². The SMILES string of the molecule is C/C=C\CC.CCC.Cc1ccc(NSc2ccc(N3CCOCS3)cc2)cc1-c1ccc2ccccc2n1. The Morgan fingerprint density at radius 2 is 1.77 bits per heavy atom. The van der Waals surface area contributed by atoms with Crippen LogP contribution in [0.25, 0.3) is 22.2 Å². The summed E-state index contributed by atoms with van der Waals surface area (Å²) in [6.07, 6.45) is 6.59. The smallest absolute Gasteiger partial charge is 0.112 e. The highest BCUT2D eigenvalue weighted by Crippen LogP contribution is 2.31. The first-order chi connectivity index (χ1) is 19.1. The Labute approximate surface area is 243 Å². The van der Waals surface area contributed by atoms with Gasteiger partial charge in [-0.3, -0.25) is 0 Å². The van der Waals surface area contributed by atoms with Crippen molar-refractivity contribution in [2.24, 2.45) is 0 Å². The maximum Gasteiger partial charge on any atom is 0.112 e. The minimum Gasteiger partial charge on any atom is -0.367 e. The molecule has 1 N–H and O–H groups in total. The van der Waals surface area contributed by atoms with E-state index in [0.717, 1.165) is 53.4 Å². The number of aromatic nitrogens is 1. The summed E-state index contributed by atoms with van der Waals surface area (Å²) in [5.74, 6) is 0.722. The lowest BCUT2D eigenvalue weighted by atomic mass is 10.0. The normalized spacial score (nSPS) is 12.9. The molecule has 206 valence electrons. The highest BCUT2D eigenvalue weighted by molar-refractivity contribution is 8.00. The van der Waals surface area contributed by atoms with Crippen molar-refractivity contribution in [2.45, 2.75) is 52.4 Å². The van der Waals surface area contributed by atoms with Crippen molar-refractivity contribution in [1.29, 1.82) is 0 Å². The van der Waals surface area contributed by atoms with Gasteiger partial charge in [-0.1, -0.05) is 69.7 Å². The number of pyridine rings is 1. The molecule has 5 rings (SSSR count). The molecule has 0 amide bonds. The van der Waals surface area contributed by atoms with E-state index >= 15 is 0 Å². The van der Waals surface area contributed by atoms with Crippen LogP contribution in [0.15, 0.2) is 95.9 Å². The van der Waals surface area contributed by atoms with Crippen molar-refractivity contribution in [3.63, 3.8) is 0 Å². The molecule has 1 saturated heterocycles. The van der Waals surface area contributed by atoms with Gasteiger partial charge >= 0.3 is 0 Å². The molecule has 1 aromatic heterocycles. The van der Waals surface area contributed by atoms with Crippen molar-refractivity contribution >= 4 is 46.2 Å². The van der Waals surface area contributed by atoms with Gasteiger partial charge in [0.25, 0.3) is 0 Å². The van der Waals surface area contributed by atoms with E-state index in [4.69, 9.17) is 9.72 Å². The zero-order valence-electron chi connectivity index (χ0n) is 23.8. The fourth-order valence-electron chi connectivity index (χ4n) is 3.79. The Morgan fingerprint density at radius 1 is 1.00 bits per heavy atom. The molecule has 6 heteroatoms. The molecule has 0 atom stereocenters. The summed E-state index contributed by atoms with van der Waals surface area (Å²) >= 11 is 3.34. The Kier molecular flexibility index (Phi) is 13.3. The van der Waals surface area contributed by atoms with E-state index in [0.29, 0.717) is 0 Å². The first-order valence-corrected chi connectivity index (χ1v) is 15.4.